The van der Waals surface area contributed by atoms with Gasteiger partial charge in [-0.1, -0.05) is 26.3 Å². The average molecular weight is 711 g/mol. The smallest absolute Gasteiger partial charge is 0.240 e. The Morgan fingerprint density at radius 1 is 1.00 bits per heavy atom. The van der Waals surface area contributed by atoms with Crippen molar-refractivity contribution < 1.29 is 32.6 Å². The van der Waals surface area contributed by atoms with Crippen LogP contribution in [0.3, 0.4) is 0 Å². The largest absolute Gasteiger partial charge is 0.498 e. The van der Waals surface area contributed by atoms with E-state index >= 15 is 0 Å². The zero-order chi connectivity index (χ0) is 37.1. The van der Waals surface area contributed by atoms with E-state index in [1.165, 1.54) is 30.6 Å². The first-order chi connectivity index (χ1) is 24.8. The molecule has 2 heterocycles. The SMILES string of the molecule is C1CNCCN1.CCCOC(C)/C(=C\c1c(CC)ncnc1OC1=CC=C(NC(=O)C2(C(=O)Nc3ccc(F)cc3)CCC2)CC=C1)OC.CF. The lowest BCUT2D eigenvalue weighted by atomic mass is 9.67. The lowest BCUT2D eigenvalue weighted by molar-refractivity contribution is -0.145. The van der Waals surface area contributed by atoms with Gasteiger partial charge in [-0.3, -0.25) is 14.0 Å². The molecule has 2 aliphatic carbocycles. The quantitative estimate of drug-likeness (QED) is 0.151. The zero-order valence-corrected chi connectivity index (χ0v) is 30.3. The predicted octanol–water partition coefficient (Wildman–Crippen LogP) is 5.78. The molecule has 3 aliphatic rings. The molecule has 5 rings (SSSR count). The zero-order valence-electron chi connectivity index (χ0n) is 30.3. The molecule has 13 heteroatoms. The number of carbonyl (C=O) groups is 2. The van der Waals surface area contributed by atoms with Crippen molar-refractivity contribution in [2.24, 2.45) is 5.41 Å². The lowest BCUT2D eigenvalue weighted by Gasteiger charge is -2.38. The highest BCUT2D eigenvalue weighted by molar-refractivity contribution is 6.11. The number of hydrogen-bond donors (Lipinski definition) is 4. The highest BCUT2D eigenvalue weighted by Crippen LogP contribution is 2.42. The number of allylic oxidation sites excluding steroid dienone is 4. The van der Waals surface area contributed by atoms with Gasteiger partial charge in [-0.25, -0.2) is 14.4 Å². The van der Waals surface area contributed by atoms with Crippen molar-refractivity contribution in [3.8, 4) is 5.88 Å². The fourth-order valence-corrected chi connectivity index (χ4v) is 5.40. The number of ether oxygens (including phenoxy) is 3. The molecule has 1 saturated heterocycles. The Morgan fingerprint density at radius 3 is 2.24 bits per heavy atom. The topological polar surface area (TPSA) is 136 Å². The number of rotatable bonds is 13. The highest BCUT2D eigenvalue weighted by atomic mass is 19.1. The summed E-state index contributed by atoms with van der Waals surface area (Å²) in [6, 6.07) is 5.48. The molecule has 0 bridgehead atoms. The van der Waals surface area contributed by atoms with Crippen LogP contribution in [0, 0.1) is 11.2 Å². The molecular formula is C38H52F2N6O5. The summed E-state index contributed by atoms with van der Waals surface area (Å²) in [7, 11) is 2.10. The fraction of sp³-hybridized carbons (Fsp3) is 0.474. The molecule has 1 saturated carbocycles. The molecule has 1 atom stereocenters. The maximum Gasteiger partial charge on any atom is 0.240 e. The number of aryl methyl sites for hydroxylation is 1. The van der Waals surface area contributed by atoms with Gasteiger partial charge in [0, 0.05) is 50.6 Å². The summed E-state index contributed by atoms with van der Waals surface area (Å²) in [6.07, 6.45) is 13.9. The second-order valence-corrected chi connectivity index (χ2v) is 12.0. The summed E-state index contributed by atoms with van der Waals surface area (Å²) in [5.74, 6) is 0.356. The number of carbonyl (C=O) groups excluding carboxylic acids is 2. The monoisotopic (exact) mass is 710 g/mol. The third-order valence-electron chi connectivity index (χ3n) is 8.45. The van der Waals surface area contributed by atoms with E-state index in [-0.39, 0.29) is 12.0 Å². The molecule has 1 aliphatic heterocycles. The lowest BCUT2D eigenvalue weighted by Crippen LogP contribution is -2.53. The maximum atomic E-state index is 13.4. The van der Waals surface area contributed by atoms with Gasteiger partial charge in [-0.2, -0.15) is 0 Å². The molecule has 51 heavy (non-hydrogen) atoms. The number of hydrogen-bond acceptors (Lipinski definition) is 9. The number of aromatic nitrogens is 2. The molecule has 0 radical (unpaired) electrons. The Labute approximate surface area is 300 Å². The number of amides is 2. The van der Waals surface area contributed by atoms with Crippen LogP contribution in [0.1, 0.15) is 64.1 Å². The minimum atomic E-state index is -1.18. The van der Waals surface area contributed by atoms with E-state index in [9.17, 15) is 18.4 Å². The molecule has 4 N–H and O–H groups in total. The van der Waals surface area contributed by atoms with Crippen molar-refractivity contribution >= 4 is 23.6 Å². The van der Waals surface area contributed by atoms with Gasteiger partial charge in [0.25, 0.3) is 0 Å². The van der Waals surface area contributed by atoms with Crippen molar-refractivity contribution in [2.75, 3.05) is 52.4 Å². The Kier molecular flexibility index (Phi) is 17.4. The predicted molar refractivity (Wildman–Crippen MR) is 195 cm³/mol. The van der Waals surface area contributed by atoms with Crippen LogP contribution in [0.15, 0.2) is 72.1 Å². The van der Waals surface area contributed by atoms with Gasteiger partial charge in [0.2, 0.25) is 17.7 Å². The normalized spacial score (nSPS) is 17.0. The number of nitrogens with zero attached hydrogens (tertiary/aromatic N) is 2. The number of methoxy groups -OCH3 is 1. The van der Waals surface area contributed by atoms with Crippen LogP contribution < -0.4 is 26.0 Å². The Morgan fingerprint density at radius 2 is 1.67 bits per heavy atom. The van der Waals surface area contributed by atoms with Crippen LogP contribution in [-0.2, 0) is 25.5 Å². The van der Waals surface area contributed by atoms with Crippen LogP contribution in [0.2, 0.25) is 0 Å². The first-order valence-electron chi connectivity index (χ1n) is 17.4. The van der Waals surface area contributed by atoms with Crippen molar-refractivity contribution in [1.82, 2.24) is 25.9 Å². The second kappa shape index (κ2) is 21.7. The van der Waals surface area contributed by atoms with Crippen LogP contribution >= 0.6 is 0 Å². The molecule has 0 spiro atoms. The Hall–Kier alpha value is -4.46. The van der Waals surface area contributed by atoms with E-state index in [0.717, 1.165) is 44.7 Å². The number of anilines is 1. The molecule has 1 unspecified atom stereocenters. The average Bonchev–Trinajstić information content (AvgIpc) is 3.36. The molecule has 2 fully saturated rings. The summed E-state index contributed by atoms with van der Waals surface area (Å²) < 4.78 is 40.5. The van der Waals surface area contributed by atoms with Gasteiger partial charge in [0.1, 0.15) is 35.2 Å². The number of benzene rings is 1. The summed E-state index contributed by atoms with van der Waals surface area (Å²) in [5.41, 5.74) is 1.39. The maximum absolute atomic E-state index is 13.4. The first-order valence-corrected chi connectivity index (χ1v) is 17.4. The van der Waals surface area contributed by atoms with E-state index in [2.05, 4.69) is 31.2 Å². The summed E-state index contributed by atoms with van der Waals surface area (Å²) >= 11 is 0. The number of alkyl halides is 1. The molecule has 11 nitrogen and oxygen atoms in total. The molecule has 1 aromatic carbocycles. The second-order valence-electron chi connectivity index (χ2n) is 12.0. The van der Waals surface area contributed by atoms with Crippen molar-refractivity contribution in [3.05, 3.63) is 89.2 Å². The highest BCUT2D eigenvalue weighted by Gasteiger charge is 2.51. The molecule has 2 aromatic rings. The minimum Gasteiger partial charge on any atom is -0.498 e. The van der Waals surface area contributed by atoms with Gasteiger partial charge >= 0.3 is 0 Å². The summed E-state index contributed by atoms with van der Waals surface area (Å²) in [5, 5.41) is 12.1. The molecule has 2 amide bonds. The summed E-state index contributed by atoms with van der Waals surface area (Å²) in [6.45, 7) is 11.1. The van der Waals surface area contributed by atoms with Crippen LogP contribution in [0.4, 0.5) is 14.5 Å². The van der Waals surface area contributed by atoms with Gasteiger partial charge in [0.05, 0.1) is 25.5 Å². The van der Waals surface area contributed by atoms with Crippen molar-refractivity contribution in [2.45, 2.75) is 65.4 Å². The fourth-order valence-electron chi connectivity index (χ4n) is 5.40. The molecule has 278 valence electrons. The van der Waals surface area contributed by atoms with Crippen LogP contribution in [0.25, 0.3) is 6.08 Å². The Balaban J connectivity index is 0.000000782. The van der Waals surface area contributed by atoms with Crippen molar-refractivity contribution in [1.29, 1.82) is 0 Å². The summed E-state index contributed by atoms with van der Waals surface area (Å²) in [4.78, 5) is 35.3. The van der Waals surface area contributed by atoms with Gasteiger partial charge in [0.15, 0.2) is 0 Å². The molecular weight excluding hydrogens is 658 g/mol. The third-order valence-corrected chi connectivity index (χ3v) is 8.45. The number of nitrogens with one attached hydrogen (secondary N) is 4. The first kappa shape index (κ1) is 41.0. The number of halogens is 2. The van der Waals surface area contributed by atoms with Crippen LogP contribution in [-0.4, -0.2) is 75.0 Å². The minimum absolute atomic E-state index is 0.259. The van der Waals surface area contributed by atoms with E-state index in [4.69, 9.17) is 14.2 Å². The molecule has 1 aromatic heterocycles. The van der Waals surface area contributed by atoms with Gasteiger partial charge in [-0.05, 0) is 81.2 Å². The van der Waals surface area contributed by atoms with Gasteiger partial charge in [-0.15, -0.1) is 0 Å². The van der Waals surface area contributed by atoms with E-state index in [0.29, 0.717) is 73.8 Å². The van der Waals surface area contributed by atoms with Gasteiger partial charge < -0.3 is 35.5 Å². The standard InChI is InChI=1S/C33H39FN4O5.C4H10N2.CH3F/c1-5-19-42-22(3)29(41-4)20-27-28(6-2)35-21-36-30(27)43-26-10-7-9-24(15-16-26)37-31(39)33(17-8-18-33)32(40)38-25-13-11-23(34)12-14-25;1-2-6-4-3-5-1;1-2/h7,10-16,20-22H,5-6,8-9,17-19H2,1-4H3,(H,37,39)(H,38,40);5-6H,1-4H2;1H3/b29-20+;;. The van der Waals surface area contributed by atoms with E-state index in [1.807, 2.05) is 32.9 Å². The van der Waals surface area contributed by atoms with E-state index in [1.54, 1.807) is 25.3 Å². The number of piperazine rings is 1. The third kappa shape index (κ3) is 12.1. The Bertz CT molecular complexity index is 1520. The van der Waals surface area contributed by atoms with Crippen LogP contribution in [0.5, 0.6) is 5.88 Å². The van der Waals surface area contributed by atoms with Crippen molar-refractivity contribution in [3.63, 3.8) is 0 Å². The van der Waals surface area contributed by atoms with E-state index < -0.39 is 17.1 Å².